The van der Waals surface area contributed by atoms with Gasteiger partial charge in [0.25, 0.3) is 0 Å². The lowest BCUT2D eigenvalue weighted by atomic mass is 10.2. The fourth-order valence-electron chi connectivity index (χ4n) is 1.36. The number of nitrogens with two attached hydrogens (primary N) is 1. The monoisotopic (exact) mass is 273 g/mol. The van der Waals surface area contributed by atoms with Crippen LogP contribution in [0.2, 0.25) is 0 Å². The second kappa shape index (κ2) is 5.03. The molecule has 0 radical (unpaired) electrons. The molecule has 0 saturated heterocycles. The number of aromatic nitrogens is 2. The van der Waals surface area contributed by atoms with Crippen LogP contribution in [0, 0.1) is 17.5 Å². The van der Waals surface area contributed by atoms with Gasteiger partial charge in [-0.25, -0.2) is 13.2 Å². The summed E-state index contributed by atoms with van der Waals surface area (Å²) in [5.74, 6) is -4.00. The maximum atomic E-state index is 13.5. The lowest BCUT2D eigenvalue weighted by molar-refractivity contribution is 0.449. The minimum Gasteiger partial charge on any atom is -0.322 e. The molecule has 1 unspecified atom stereocenters. The molecule has 0 aliphatic carbocycles. The molecule has 2 aromatic rings. The van der Waals surface area contributed by atoms with Crippen LogP contribution < -0.4 is 5.73 Å². The van der Waals surface area contributed by atoms with Crippen LogP contribution in [0.5, 0.6) is 0 Å². The first kappa shape index (κ1) is 13.0. The molecule has 0 fully saturated rings. The van der Waals surface area contributed by atoms with E-state index < -0.39 is 17.5 Å². The smallest absolute Gasteiger partial charge is 0.195 e. The fourth-order valence-corrected chi connectivity index (χ4v) is 2.31. The number of hydrogen-bond acceptors (Lipinski definition) is 4. The Morgan fingerprint density at radius 1 is 1.22 bits per heavy atom. The third-order valence-electron chi connectivity index (χ3n) is 2.46. The van der Waals surface area contributed by atoms with Crippen LogP contribution in [0.1, 0.15) is 24.4 Å². The molecule has 1 aromatic carbocycles. The van der Waals surface area contributed by atoms with Crippen molar-refractivity contribution in [3.63, 3.8) is 0 Å². The summed E-state index contributed by atoms with van der Waals surface area (Å²) >= 11 is 1.07. The van der Waals surface area contributed by atoms with Crippen molar-refractivity contribution in [1.29, 1.82) is 0 Å². The first-order valence-electron chi connectivity index (χ1n) is 5.27. The molecule has 3 nitrogen and oxygen atoms in total. The standard InChI is InChI=1S/C11H10F3N3S/c1-2-7(15)11-17-16-10(18-11)5-3-4-6(12)9(14)8(5)13/h3-4,7H,2,15H2,1H3. The van der Waals surface area contributed by atoms with Crippen LogP contribution in [-0.4, -0.2) is 10.2 Å². The minimum atomic E-state index is -1.51. The van der Waals surface area contributed by atoms with Gasteiger partial charge in [0.2, 0.25) is 0 Å². The van der Waals surface area contributed by atoms with Gasteiger partial charge in [-0.05, 0) is 18.6 Å². The molecule has 0 aliphatic heterocycles. The summed E-state index contributed by atoms with van der Waals surface area (Å²) in [6.45, 7) is 1.88. The van der Waals surface area contributed by atoms with Gasteiger partial charge in [0.05, 0.1) is 11.6 Å². The number of hydrogen-bond donors (Lipinski definition) is 1. The molecular formula is C11H10F3N3S. The topological polar surface area (TPSA) is 51.8 Å². The molecule has 18 heavy (non-hydrogen) atoms. The molecule has 96 valence electrons. The van der Waals surface area contributed by atoms with Gasteiger partial charge in [0, 0.05) is 0 Å². The minimum absolute atomic E-state index is 0.110. The van der Waals surface area contributed by atoms with Crippen LogP contribution >= 0.6 is 11.3 Å². The SMILES string of the molecule is CCC(N)c1nnc(-c2ccc(F)c(F)c2F)s1. The zero-order valence-corrected chi connectivity index (χ0v) is 10.3. The number of benzene rings is 1. The average molecular weight is 273 g/mol. The lowest BCUT2D eigenvalue weighted by Gasteiger charge is -2.01. The Morgan fingerprint density at radius 3 is 2.61 bits per heavy atom. The Labute approximate surface area is 105 Å². The molecule has 2 N–H and O–H groups in total. The van der Waals surface area contributed by atoms with Crippen LogP contribution in [0.15, 0.2) is 12.1 Å². The Balaban J connectivity index is 2.43. The lowest BCUT2D eigenvalue weighted by Crippen LogP contribution is -2.07. The van der Waals surface area contributed by atoms with Crippen molar-refractivity contribution in [2.45, 2.75) is 19.4 Å². The Morgan fingerprint density at radius 2 is 1.94 bits per heavy atom. The van der Waals surface area contributed by atoms with Crippen LogP contribution in [-0.2, 0) is 0 Å². The Bertz CT molecular complexity index is 571. The van der Waals surface area contributed by atoms with E-state index in [4.69, 9.17) is 5.73 Å². The van der Waals surface area contributed by atoms with Gasteiger partial charge in [-0.2, -0.15) is 0 Å². The highest BCUT2D eigenvalue weighted by Crippen LogP contribution is 2.30. The summed E-state index contributed by atoms with van der Waals surface area (Å²) in [7, 11) is 0. The van der Waals surface area contributed by atoms with Gasteiger partial charge in [-0.3, -0.25) is 0 Å². The highest BCUT2D eigenvalue weighted by Gasteiger charge is 2.19. The summed E-state index contributed by atoms with van der Waals surface area (Å²) < 4.78 is 39.4. The zero-order valence-electron chi connectivity index (χ0n) is 9.45. The molecule has 0 amide bonds. The number of halogens is 3. The second-order valence-electron chi connectivity index (χ2n) is 3.68. The Kier molecular flexibility index (Phi) is 3.63. The van der Waals surface area contributed by atoms with Crippen molar-refractivity contribution in [2.75, 3.05) is 0 Å². The number of nitrogens with zero attached hydrogens (tertiary/aromatic N) is 2. The van der Waals surface area contributed by atoms with Crippen molar-refractivity contribution in [3.8, 4) is 10.6 Å². The molecule has 0 bridgehead atoms. The van der Waals surface area contributed by atoms with E-state index in [1.807, 2.05) is 6.92 Å². The third kappa shape index (κ3) is 2.23. The van der Waals surface area contributed by atoms with Crippen molar-refractivity contribution >= 4 is 11.3 Å². The van der Waals surface area contributed by atoms with E-state index in [2.05, 4.69) is 10.2 Å². The highest BCUT2D eigenvalue weighted by molar-refractivity contribution is 7.14. The van der Waals surface area contributed by atoms with Crippen LogP contribution in [0.25, 0.3) is 10.6 Å². The van der Waals surface area contributed by atoms with E-state index in [0.717, 1.165) is 23.5 Å². The third-order valence-corrected chi connectivity index (χ3v) is 3.55. The molecule has 1 heterocycles. The molecule has 7 heteroatoms. The van der Waals surface area contributed by atoms with E-state index in [1.54, 1.807) is 0 Å². The van der Waals surface area contributed by atoms with Crippen LogP contribution in [0.3, 0.4) is 0 Å². The summed E-state index contributed by atoms with van der Waals surface area (Å²) in [5.41, 5.74) is 5.65. The van der Waals surface area contributed by atoms with E-state index in [0.29, 0.717) is 11.4 Å². The summed E-state index contributed by atoms with van der Waals surface area (Å²) in [4.78, 5) is 0. The van der Waals surface area contributed by atoms with Crippen molar-refractivity contribution in [3.05, 3.63) is 34.6 Å². The molecule has 0 saturated carbocycles. The largest absolute Gasteiger partial charge is 0.322 e. The summed E-state index contributed by atoms with van der Waals surface area (Å²) in [5, 5.41) is 8.29. The maximum Gasteiger partial charge on any atom is 0.195 e. The first-order valence-corrected chi connectivity index (χ1v) is 6.09. The van der Waals surface area contributed by atoms with E-state index in [9.17, 15) is 13.2 Å². The first-order chi connectivity index (χ1) is 8.54. The maximum absolute atomic E-state index is 13.5. The van der Waals surface area contributed by atoms with Gasteiger partial charge >= 0.3 is 0 Å². The molecule has 1 aromatic heterocycles. The van der Waals surface area contributed by atoms with Gasteiger partial charge in [0.1, 0.15) is 5.01 Å². The molecule has 0 aliphatic rings. The molecule has 1 atom stereocenters. The summed E-state index contributed by atoms with van der Waals surface area (Å²) in [6, 6.07) is 1.70. The molecular weight excluding hydrogens is 263 g/mol. The normalized spacial score (nSPS) is 12.7. The van der Waals surface area contributed by atoms with E-state index >= 15 is 0 Å². The Hall–Kier alpha value is -1.47. The highest BCUT2D eigenvalue weighted by atomic mass is 32.1. The van der Waals surface area contributed by atoms with Crippen molar-refractivity contribution < 1.29 is 13.2 Å². The van der Waals surface area contributed by atoms with Gasteiger partial charge in [-0.1, -0.05) is 18.3 Å². The quantitative estimate of drug-likeness (QED) is 0.874. The van der Waals surface area contributed by atoms with Crippen molar-refractivity contribution in [2.24, 2.45) is 5.73 Å². The predicted octanol–water partition coefficient (Wildman–Crippen LogP) is 3.03. The van der Waals surface area contributed by atoms with Crippen molar-refractivity contribution in [1.82, 2.24) is 10.2 Å². The fraction of sp³-hybridized carbons (Fsp3) is 0.273. The van der Waals surface area contributed by atoms with Crippen LogP contribution in [0.4, 0.5) is 13.2 Å². The average Bonchev–Trinajstić information content (AvgIpc) is 2.84. The van der Waals surface area contributed by atoms with Gasteiger partial charge in [-0.15, -0.1) is 10.2 Å². The summed E-state index contributed by atoms with van der Waals surface area (Å²) in [6.07, 6.45) is 0.662. The molecule has 2 rings (SSSR count). The van der Waals surface area contributed by atoms with E-state index in [1.165, 1.54) is 0 Å². The molecule has 0 spiro atoms. The van der Waals surface area contributed by atoms with Gasteiger partial charge in [0.15, 0.2) is 22.5 Å². The van der Waals surface area contributed by atoms with E-state index in [-0.39, 0.29) is 16.6 Å². The number of rotatable bonds is 3. The van der Waals surface area contributed by atoms with Gasteiger partial charge < -0.3 is 5.73 Å². The zero-order chi connectivity index (χ0) is 13.3. The predicted molar refractivity (Wildman–Crippen MR) is 62.4 cm³/mol. The second-order valence-corrected chi connectivity index (χ2v) is 4.69.